The summed E-state index contributed by atoms with van der Waals surface area (Å²) >= 11 is 0. The normalized spacial score (nSPS) is 12.3. The molecule has 0 aliphatic carbocycles. The Morgan fingerprint density at radius 3 is 2.52 bits per heavy atom. The van der Waals surface area contributed by atoms with Crippen molar-refractivity contribution in [2.75, 3.05) is 0 Å². The van der Waals surface area contributed by atoms with E-state index >= 15 is 0 Å². The first kappa shape index (κ1) is 15.4. The summed E-state index contributed by atoms with van der Waals surface area (Å²) in [6.45, 7) is 2.83. The van der Waals surface area contributed by atoms with E-state index in [0.29, 0.717) is 0 Å². The molecule has 23 heavy (non-hydrogen) atoms. The third-order valence-electron chi connectivity index (χ3n) is 4.08. The second-order valence-corrected chi connectivity index (χ2v) is 5.69. The molecule has 3 rings (SSSR count). The Balaban J connectivity index is 1.88. The Kier molecular flexibility index (Phi) is 4.53. The van der Waals surface area contributed by atoms with Gasteiger partial charge in [0.05, 0.1) is 6.04 Å². The Morgan fingerprint density at radius 1 is 1.13 bits per heavy atom. The smallest absolute Gasteiger partial charge is 0.130 e. The zero-order valence-corrected chi connectivity index (χ0v) is 13.3. The van der Waals surface area contributed by atoms with Crippen LogP contribution in [0.3, 0.4) is 0 Å². The summed E-state index contributed by atoms with van der Waals surface area (Å²) in [7, 11) is 1.97. The maximum absolute atomic E-state index is 13.2. The topological polar surface area (TPSA) is 29.9 Å². The van der Waals surface area contributed by atoms with Crippen LogP contribution in [0.25, 0.3) is 0 Å². The van der Waals surface area contributed by atoms with Crippen molar-refractivity contribution in [3.8, 4) is 0 Å². The number of nitrogens with one attached hydrogen (secondary N) is 1. The van der Waals surface area contributed by atoms with E-state index in [1.165, 1.54) is 23.3 Å². The molecule has 118 valence electrons. The van der Waals surface area contributed by atoms with Gasteiger partial charge in [-0.15, -0.1) is 0 Å². The number of nitrogens with zero attached hydrogens (tertiary/aromatic N) is 2. The first-order valence-corrected chi connectivity index (χ1v) is 7.65. The summed E-state index contributed by atoms with van der Waals surface area (Å²) in [5.41, 5.74) is 3.49. The molecule has 0 fully saturated rings. The number of benzene rings is 2. The Morgan fingerprint density at radius 2 is 1.87 bits per heavy atom. The highest BCUT2D eigenvalue weighted by atomic mass is 19.1. The van der Waals surface area contributed by atoms with Gasteiger partial charge in [0, 0.05) is 26.0 Å². The zero-order valence-electron chi connectivity index (χ0n) is 13.3. The summed E-state index contributed by atoms with van der Waals surface area (Å²) < 4.78 is 15.2. The van der Waals surface area contributed by atoms with Crippen LogP contribution in [0.1, 0.15) is 28.6 Å². The van der Waals surface area contributed by atoms with Gasteiger partial charge in [0.1, 0.15) is 11.6 Å². The first-order valence-electron chi connectivity index (χ1n) is 7.65. The summed E-state index contributed by atoms with van der Waals surface area (Å²) in [5, 5.41) is 3.55. The molecule has 0 spiro atoms. The molecular formula is C19H20FN3. The van der Waals surface area contributed by atoms with Crippen molar-refractivity contribution in [2.24, 2.45) is 7.05 Å². The molecule has 1 atom stereocenters. The van der Waals surface area contributed by atoms with Gasteiger partial charge in [-0.1, -0.05) is 36.4 Å². The van der Waals surface area contributed by atoms with E-state index in [1.807, 2.05) is 29.9 Å². The standard InChI is InChI=1S/C19H20FN3/c1-14-5-3-4-6-16(14)13-22-18(19-21-11-12-23(19)2)15-7-9-17(20)10-8-15/h3-12,18,22H,13H2,1-2H3/t18-/m0/s1. The van der Waals surface area contributed by atoms with Crippen LogP contribution >= 0.6 is 0 Å². The lowest BCUT2D eigenvalue weighted by Gasteiger charge is -2.20. The molecule has 0 amide bonds. The van der Waals surface area contributed by atoms with E-state index < -0.39 is 0 Å². The molecule has 1 N–H and O–H groups in total. The molecule has 1 aromatic heterocycles. The van der Waals surface area contributed by atoms with Crippen molar-refractivity contribution in [3.63, 3.8) is 0 Å². The lowest BCUT2D eigenvalue weighted by Crippen LogP contribution is -2.25. The monoisotopic (exact) mass is 309 g/mol. The Labute approximate surface area is 135 Å². The van der Waals surface area contributed by atoms with Crippen LogP contribution in [-0.4, -0.2) is 9.55 Å². The van der Waals surface area contributed by atoms with E-state index in [4.69, 9.17) is 0 Å². The maximum atomic E-state index is 13.2. The van der Waals surface area contributed by atoms with Crippen molar-refractivity contribution in [2.45, 2.75) is 19.5 Å². The van der Waals surface area contributed by atoms with E-state index in [2.05, 4.69) is 29.4 Å². The van der Waals surface area contributed by atoms with E-state index in [1.54, 1.807) is 18.3 Å². The molecule has 3 nitrogen and oxygen atoms in total. The van der Waals surface area contributed by atoms with Crippen molar-refractivity contribution in [1.82, 2.24) is 14.9 Å². The lowest BCUT2D eigenvalue weighted by atomic mass is 10.0. The van der Waals surface area contributed by atoms with Crippen LogP contribution in [0.5, 0.6) is 0 Å². The number of imidazole rings is 1. The van der Waals surface area contributed by atoms with Gasteiger partial charge in [-0.3, -0.25) is 5.32 Å². The third kappa shape index (κ3) is 3.48. The van der Waals surface area contributed by atoms with Gasteiger partial charge in [-0.2, -0.15) is 0 Å². The average molecular weight is 309 g/mol. The lowest BCUT2D eigenvalue weighted by molar-refractivity contribution is 0.555. The van der Waals surface area contributed by atoms with Crippen molar-refractivity contribution in [3.05, 3.63) is 89.3 Å². The van der Waals surface area contributed by atoms with E-state index in [0.717, 1.165) is 17.9 Å². The summed E-state index contributed by atoms with van der Waals surface area (Å²) in [5.74, 6) is 0.677. The van der Waals surface area contributed by atoms with Crippen LogP contribution in [-0.2, 0) is 13.6 Å². The van der Waals surface area contributed by atoms with Gasteiger partial charge >= 0.3 is 0 Å². The molecule has 0 radical (unpaired) electrons. The molecule has 4 heteroatoms. The van der Waals surface area contributed by atoms with Gasteiger partial charge in [-0.25, -0.2) is 9.37 Å². The number of halogens is 1. The van der Waals surface area contributed by atoms with E-state index in [9.17, 15) is 4.39 Å². The molecule has 0 saturated carbocycles. The molecule has 2 aromatic carbocycles. The summed E-state index contributed by atoms with van der Waals surface area (Å²) in [6.07, 6.45) is 3.70. The highest BCUT2D eigenvalue weighted by Gasteiger charge is 2.18. The summed E-state index contributed by atoms with van der Waals surface area (Å²) in [4.78, 5) is 4.46. The molecule has 1 heterocycles. The maximum Gasteiger partial charge on any atom is 0.130 e. The van der Waals surface area contributed by atoms with Crippen LogP contribution < -0.4 is 5.32 Å². The number of aryl methyl sites for hydroxylation is 2. The minimum Gasteiger partial charge on any atom is -0.336 e. The molecule has 3 aromatic rings. The SMILES string of the molecule is Cc1ccccc1CN[C@@H](c1ccc(F)cc1)c1nccn1C. The second-order valence-electron chi connectivity index (χ2n) is 5.69. The Bertz CT molecular complexity index is 777. The van der Waals surface area contributed by atoms with Gasteiger partial charge in [0.2, 0.25) is 0 Å². The van der Waals surface area contributed by atoms with Gasteiger partial charge in [0.25, 0.3) is 0 Å². The Hall–Kier alpha value is -2.46. The highest BCUT2D eigenvalue weighted by molar-refractivity contribution is 5.28. The second kappa shape index (κ2) is 6.75. The third-order valence-corrected chi connectivity index (χ3v) is 4.08. The molecule has 0 aliphatic heterocycles. The quantitative estimate of drug-likeness (QED) is 0.778. The van der Waals surface area contributed by atoms with E-state index in [-0.39, 0.29) is 11.9 Å². The highest BCUT2D eigenvalue weighted by Crippen LogP contribution is 2.22. The van der Waals surface area contributed by atoms with Gasteiger partial charge in [-0.05, 0) is 35.7 Å². The number of hydrogen-bond donors (Lipinski definition) is 1. The number of hydrogen-bond acceptors (Lipinski definition) is 2. The number of rotatable bonds is 5. The van der Waals surface area contributed by atoms with Gasteiger partial charge in [0.15, 0.2) is 0 Å². The first-order chi connectivity index (χ1) is 11.1. The average Bonchev–Trinajstić information content (AvgIpc) is 2.97. The fourth-order valence-corrected chi connectivity index (χ4v) is 2.69. The largest absolute Gasteiger partial charge is 0.336 e. The molecule has 0 saturated heterocycles. The fraction of sp³-hybridized carbons (Fsp3) is 0.211. The minimum atomic E-state index is -0.230. The van der Waals surface area contributed by atoms with Gasteiger partial charge < -0.3 is 4.57 Å². The zero-order chi connectivity index (χ0) is 16.2. The van der Waals surface area contributed by atoms with Crippen molar-refractivity contribution in [1.29, 1.82) is 0 Å². The molecule has 0 bridgehead atoms. The number of aromatic nitrogens is 2. The minimum absolute atomic E-state index is 0.0878. The van der Waals surface area contributed by atoms with Crippen LogP contribution in [0.15, 0.2) is 60.9 Å². The fourth-order valence-electron chi connectivity index (χ4n) is 2.69. The molecule has 0 aliphatic rings. The molecular weight excluding hydrogens is 289 g/mol. The predicted molar refractivity (Wildman–Crippen MR) is 89.5 cm³/mol. The van der Waals surface area contributed by atoms with Crippen LogP contribution in [0.4, 0.5) is 4.39 Å². The van der Waals surface area contributed by atoms with Crippen molar-refractivity contribution < 1.29 is 4.39 Å². The molecule has 0 unspecified atom stereocenters. The summed E-state index contributed by atoms with van der Waals surface area (Å²) in [6, 6.07) is 14.8. The van der Waals surface area contributed by atoms with Crippen LogP contribution in [0.2, 0.25) is 0 Å². The van der Waals surface area contributed by atoms with Crippen LogP contribution in [0, 0.1) is 12.7 Å². The predicted octanol–water partition coefficient (Wildman–Crippen LogP) is 3.75. The van der Waals surface area contributed by atoms with Crippen molar-refractivity contribution >= 4 is 0 Å².